The van der Waals surface area contributed by atoms with Gasteiger partial charge in [-0.3, -0.25) is 4.98 Å². The van der Waals surface area contributed by atoms with E-state index in [1.165, 1.54) is 26.4 Å². The van der Waals surface area contributed by atoms with Crippen molar-refractivity contribution < 1.29 is 45.6 Å². The fourth-order valence-corrected chi connectivity index (χ4v) is 5.84. The Hall–Kier alpha value is -4.67. The van der Waals surface area contributed by atoms with Crippen molar-refractivity contribution in [2.75, 3.05) is 32.0 Å². The second-order valence-corrected chi connectivity index (χ2v) is 11.8. The van der Waals surface area contributed by atoms with Gasteiger partial charge in [0.05, 0.1) is 26.4 Å². The fraction of sp³-hybridized carbons (Fsp3) is 0.300. The van der Waals surface area contributed by atoms with Crippen molar-refractivity contribution in [1.82, 2.24) is 20.3 Å². The number of ether oxygens (including phenoxy) is 4. The molecule has 0 aliphatic carbocycles. The standard InChI is InChI=1S/C30H30F3N5O7S/c1-42-27-14-28(43-2)37-29(36-27)38-46(40,41)26-10-7-19(13-25(26)45-30(31,32)33)18-6-9-24-20(12-18)5-8-22(44-24)16-35-17-23(39)21-4-3-11-34-15-21/h3-4,6-7,9-15,22-23,35,39H,5,8,16-17H2,1-2H3,(H,36,37,38). The SMILES string of the molecule is COc1cc(OC)nc(NS(=O)(=O)c2ccc(-c3ccc4c(c3)CCC(CNCC(O)c3cccnc3)O4)cc2OC(F)(F)F)n1. The Balaban J connectivity index is 1.32. The molecule has 2 atom stereocenters. The highest BCUT2D eigenvalue weighted by Gasteiger charge is 2.35. The number of alkyl halides is 3. The number of aliphatic hydroxyl groups is 1. The molecule has 46 heavy (non-hydrogen) atoms. The molecule has 0 fully saturated rings. The van der Waals surface area contributed by atoms with Crippen LogP contribution in [-0.2, 0) is 16.4 Å². The van der Waals surface area contributed by atoms with Crippen LogP contribution < -0.4 is 29.0 Å². The number of anilines is 1. The molecule has 0 spiro atoms. The number of sulfonamides is 1. The lowest BCUT2D eigenvalue weighted by molar-refractivity contribution is -0.275. The molecule has 16 heteroatoms. The first-order valence-corrected chi connectivity index (χ1v) is 15.4. The van der Waals surface area contributed by atoms with Gasteiger partial charge in [-0.1, -0.05) is 18.2 Å². The minimum absolute atomic E-state index is 0.0368. The van der Waals surface area contributed by atoms with E-state index in [1.54, 1.807) is 42.7 Å². The molecule has 0 amide bonds. The maximum Gasteiger partial charge on any atom is 0.573 e. The number of hydrogen-bond acceptors (Lipinski definition) is 11. The molecule has 2 aromatic heterocycles. The molecule has 0 radical (unpaired) electrons. The van der Waals surface area contributed by atoms with Crippen LogP contribution in [0.5, 0.6) is 23.3 Å². The summed E-state index contributed by atoms with van der Waals surface area (Å²) in [5.74, 6) is -0.874. The molecular weight excluding hydrogens is 631 g/mol. The molecule has 4 aromatic rings. The van der Waals surface area contributed by atoms with E-state index in [4.69, 9.17) is 14.2 Å². The first-order valence-electron chi connectivity index (χ1n) is 13.9. The van der Waals surface area contributed by atoms with E-state index < -0.39 is 39.1 Å². The molecule has 244 valence electrons. The van der Waals surface area contributed by atoms with Crippen molar-refractivity contribution in [3.8, 4) is 34.4 Å². The minimum atomic E-state index is -5.18. The number of aryl methyl sites for hydroxylation is 1. The molecular formula is C30H30F3N5O7S. The molecule has 1 aliphatic rings. The van der Waals surface area contributed by atoms with Crippen LogP contribution >= 0.6 is 0 Å². The van der Waals surface area contributed by atoms with Crippen molar-refractivity contribution in [3.05, 3.63) is 78.1 Å². The van der Waals surface area contributed by atoms with Gasteiger partial charge in [-0.25, -0.2) is 13.1 Å². The maximum absolute atomic E-state index is 13.4. The summed E-state index contributed by atoms with van der Waals surface area (Å²) in [6.07, 6.45) is -1.52. The normalized spacial score (nSPS) is 15.3. The number of aromatic nitrogens is 3. The van der Waals surface area contributed by atoms with E-state index in [2.05, 4.69) is 25.0 Å². The quantitative estimate of drug-likeness (QED) is 0.199. The van der Waals surface area contributed by atoms with Gasteiger partial charge in [-0.05, 0) is 59.9 Å². The van der Waals surface area contributed by atoms with Crippen molar-refractivity contribution >= 4 is 16.0 Å². The van der Waals surface area contributed by atoms with E-state index in [0.29, 0.717) is 42.8 Å². The molecule has 0 bridgehead atoms. The fourth-order valence-electron chi connectivity index (χ4n) is 4.79. The maximum atomic E-state index is 13.4. The number of hydrogen-bond donors (Lipinski definition) is 3. The summed E-state index contributed by atoms with van der Waals surface area (Å²) in [5, 5.41) is 13.5. The molecule has 2 aromatic carbocycles. The number of fused-ring (bicyclic) bond motifs is 1. The Bertz CT molecular complexity index is 1760. The molecule has 0 saturated heterocycles. The van der Waals surface area contributed by atoms with Gasteiger partial charge in [0.25, 0.3) is 10.0 Å². The second kappa shape index (κ2) is 13.8. The Morgan fingerprint density at radius 3 is 2.43 bits per heavy atom. The zero-order chi connectivity index (χ0) is 32.9. The highest BCUT2D eigenvalue weighted by Crippen LogP contribution is 2.37. The van der Waals surface area contributed by atoms with Gasteiger partial charge in [0.1, 0.15) is 16.7 Å². The number of benzene rings is 2. The molecule has 0 saturated carbocycles. The zero-order valence-corrected chi connectivity index (χ0v) is 25.4. The Kier molecular flexibility index (Phi) is 9.79. The highest BCUT2D eigenvalue weighted by atomic mass is 32.2. The lowest BCUT2D eigenvalue weighted by Gasteiger charge is -2.27. The van der Waals surface area contributed by atoms with Crippen LogP contribution in [0.25, 0.3) is 11.1 Å². The van der Waals surface area contributed by atoms with E-state index >= 15 is 0 Å². The summed E-state index contributed by atoms with van der Waals surface area (Å²) >= 11 is 0. The van der Waals surface area contributed by atoms with Crippen molar-refractivity contribution in [1.29, 1.82) is 0 Å². The van der Waals surface area contributed by atoms with Crippen molar-refractivity contribution in [2.45, 2.75) is 36.3 Å². The molecule has 3 N–H and O–H groups in total. The lowest BCUT2D eigenvalue weighted by atomic mass is 9.97. The Labute approximate surface area is 262 Å². The van der Waals surface area contributed by atoms with E-state index in [9.17, 15) is 26.7 Å². The van der Waals surface area contributed by atoms with Crippen molar-refractivity contribution in [2.24, 2.45) is 0 Å². The lowest BCUT2D eigenvalue weighted by Crippen LogP contribution is -2.36. The average molecular weight is 662 g/mol. The van der Waals surface area contributed by atoms with Gasteiger partial charge in [0, 0.05) is 31.0 Å². The van der Waals surface area contributed by atoms with Crippen LogP contribution in [0.1, 0.15) is 23.7 Å². The van der Waals surface area contributed by atoms with Crippen LogP contribution in [0.15, 0.2) is 71.9 Å². The highest BCUT2D eigenvalue weighted by molar-refractivity contribution is 7.92. The zero-order valence-electron chi connectivity index (χ0n) is 24.6. The number of nitrogens with zero attached hydrogens (tertiary/aromatic N) is 3. The van der Waals surface area contributed by atoms with E-state index in [1.807, 2.05) is 4.72 Å². The number of rotatable bonds is 12. The summed E-state index contributed by atoms with van der Waals surface area (Å²) < 4.78 is 89.0. The number of pyridine rings is 1. The molecule has 2 unspecified atom stereocenters. The first kappa shape index (κ1) is 32.7. The largest absolute Gasteiger partial charge is 0.573 e. The monoisotopic (exact) mass is 661 g/mol. The molecule has 5 rings (SSSR count). The number of nitrogens with one attached hydrogen (secondary N) is 2. The van der Waals surface area contributed by atoms with Gasteiger partial charge in [-0.2, -0.15) is 9.97 Å². The molecule has 1 aliphatic heterocycles. The van der Waals surface area contributed by atoms with Crippen LogP contribution in [0, 0.1) is 0 Å². The third-order valence-electron chi connectivity index (χ3n) is 6.98. The average Bonchev–Trinajstić information content (AvgIpc) is 3.03. The predicted octanol–water partition coefficient (Wildman–Crippen LogP) is 4.27. The third-order valence-corrected chi connectivity index (χ3v) is 8.35. The summed E-state index contributed by atoms with van der Waals surface area (Å²) in [7, 11) is -2.10. The summed E-state index contributed by atoms with van der Waals surface area (Å²) in [6.45, 7) is 0.815. The van der Waals surface area contributed by atoms with E-state index in [-0.39, 0.29) is 23.4 Å². The Morgan fingerprint density at radius 2 is 1.76 bits per heavy atom. The van der Waals surface area contributed by atoms with Gasteiger partial charge >= 0.3 is 6.36 Å². The van der Waals surface area contributed by atoms with Gasteiger partial charge in [0.15, 0.2) is 5.75 Å². The van der Waals surface area contributed by atoms with Crippen LogP contribution in [-0.4, -0.2) is 68.3 Å². The number of methoxy groups -OCH3 is 2. The molecule has 3 heterocycles. The number of halogens is 3. The Morgan fingerprint density at radius 1 is 1.04 bits per heavy atom. The smallest absolute Gasteiger partial charge is 0.489 e. The van der Waals surface area contributed by atoms with Crippen LogP contribution in [0.2, 0.25) is 0 Å². The van der Waals surface area contributed by atoms with Gasteiger partial charge < -0.3 is 29.4 Å². The van der Waals surface area contributed by atoms with Gasteiger partial charge in [0.2, 0.25) is 17.7 Å². The van der Waals surface area contributed by atoms with Gasteiger partial charge in [-0.15, -0.1) is 13.2 Å². The first-order chi connectivity index (χ1) is 21.9. The van der Waals surface area contributed by atoms with Crippen LogP contribution in [0.3, 0.4) is 0 Å². The van der Waals surface area contributed by atoms with Crippen LogP contribution in [0.4, 0.5) is 19.1 Å². The summed E-state index contributed by atoms with van der Waals surface area (Å²) in [5.41, 5.74) is 2.36. The molecule has 12 nitrogen and oxygen atoms in total. The summed E-state index contributed by atoms with van der Waals surface area (Å²) in [6, 6.07) is 13.4. The minimum Gasteiger partial charge on any atom is -0.489 e. The summed E-state index contributed by atoms with van der Waals surface area (Å²) in [4.78, 5) is 11.0. The predicted molar refractivity (Wildman–Crippen MR) is 159 cm³/mol. The second-order valence-electron chi connectivity index (χ2n) is 10.2. The van der Waals surface area contributed by atoms with Crippen molar-refractivity contribution in [3.63, 3.8) is 0 Å². The number of aliphatic hydroxyl groups excluding tert-OH is 1. The topological polar surface area (TPSA) is 154 Å². The third kappa shape index (κ3) is 8.13. The van der Waals surface area contributed by atoms with E-state index in [0.717, 1.165) is 17.7 Å².